The summed E-state index contributed by atoms with van der Waals surface area (Å²) in [6.45, 7) is 0.398. The van der Waals surface area contributed by atoms with Crippen LogP contribution in [-0.2, 0) is 16.0 Å². The first kappa shape index (κ1) is 13.2. The van der Waals surface area contributed by atoms with Crippen LogP contribution in [0.25, 0.3) is 0 Å². The van der Waals surface area contributed by atoms with E-state index in [1.54, 1.807) is 7.11 Å². The predicted octanol–water partition coefficient (Wildman–Crippen LogP) is 1.36. The average molecular weight is 270 g/mol. The molecule has 5 heteroatoms. The number of ether oxygens (including phenoxy) is 2. The van der Waals surface area contributed by atoms with Crippen LogP contribution in [0.5, 0.6) is 5.75 Å². The molecule has 98 valence electrons. The zero-order valence-electron chi connectivity index (χ0n) is 10.2. The number of hydrogen-bond donors (Lipinski definition) is 1. The SMILES string of the molecule is COCC(CCl)NC(=O)C1Cc2ccccc2O1. The van der Waals surface area contributed by atoms with Crippen LogP contribution in [0.1, 0.15) is 5.56 Å². The number of para-hydroxylation sites is 1. The van der Waals surface area contributed by atoms with Crippen LogP contribution < -0.4 is 10.1 Å². The summed E-state index contributed by atoms with van der Waals surface area (Å²) in [5.41, 5.74) is 1.06. The standard InChI is InChI=1S/C13H16ClNO3/c1-17-8-10(7-14)15-13(16)12-6-9-4-2-3-5-11(9)18-12/h2-5,10,12H,6-8H2,1H3,(H,15,16). The van der Waals surface area contributed by atoms with Gasteiger partial charge in [-0.05, 0) is 11.6 Å². The van der Waals surface area contributed by atoms with Gasteiger partial charge in [0.25, 0.3) is 5.91 Å². The summed E-state index contributed by atoms with van der Waals surface area (Å²) >= 11 is 5.75. The third-order valence-electron chi connectivity index (χ3n) is 2.84. The van der Waals surface area contributed by atoms with E-state index >= 15 is 0 Å². The molecule has 1 aromatic rings. The molecule has 2 unspecified atom stereocenters. The Kier molecular flexibility index (Phi) is 4.44. The Labute approximate surface area is 111 Å². The Morgan fingerprint density at radius 1 is 1.61 bits per heavy atom. The Balaban J connectivity index is 1.92. The van der Waals surface area contributed by atoms with Crippen LogP contribution in [-0.4, -0.2) is 37.6 Å². The highest BCUT2D eigenvalue weighted by Crippen LogP contribution is 2.28. The molecule has 1 aliphatic heterocycles. The third-order valence-corrected chi connectivity index (χ3v) is 3.21. The van der Waals surface area contributed by atoms with Crippen molar-refractivity contribution in [3.05, 3.63) is 29.8 Å². The lowest BCUT2D eigenvalue weighted by Gasteiger charge is -2.17. The second kappa shape index (κ2) is 6.07. The van der Waals surface area contributed by atoms with E-state index < -0.39 is 6.10 Å². The number of carbonyl (C=O) groups is 1. The van der Waals surface area contributed by atoms with Gasteiger partial charge in [0.1, 0.15) is 5.75 Å². The molecule has 18 heavy (non-hydrogen) atoms. The van der Waals surface area contributed by atoms with Crippen molar-refractivity contribution in [2.24, 2.45) is 0 Å². The maximum atomic E-state index is 12.0. The number of hydrogen-bond acceptors (Lipinski definition) is 3. The average Bonchev–Trinajstić information content (AvgIpc) is 2.82. The first-order valence-corrected chi connectivity index (χ1v) is 6.38. The second-order valence-corrected chi connectivity index (χ2v) is 4.54. The van der Waals surface area contributed by atoms with Crippen LogP contribution in [0.15, 0.2) is 24.3 Å². The lowest BCUT2D eigenvalue weighted by Crippen LogP contribution is -2.46. The van der Waals surface area contributed by atoms with Gasteiger partial charge in [0.2, 0.25) is 0 Å². The van der Waals surface area contributed by atoms with E-state index in [0.717, 1.165) is 11.3 Å². The van der Waals surface area contributed by atoms with Crippen LogP contribution in [0.2, 0.25) is 0 Å². The lowest BCUT2D eigenvalue weighted by atomic mass is 10.1. The molecular formula is C13H16ClNO3. The summed E-state index contributed by atoms with van der Waals surface area (Å²) in [6.07, 6.45) is 0.134. The van der Waals surface area contributed by atoms with Gasteiger partial charge in [-0.3, -0.25) is 4.79 Å². The molecule has 0 saturated carbocycles. The Morgan fingerprint density at radius 3 is 3.06 bits per heavy atom. The molecule has 1 N–H and O–H groups in total. The van der Waals surface area contributed by atoms with Crippen molar-refractivity contribution in [2.75, 3.05) is 19.6 Å². The quantitative estimate of drug-likeness (QED) is 0.821. The fourth-order valence-corrected chi connectivity index (χ4v) is 2.11. The van der Waals surface area contributed by atoms with E-state index in [1.807, 2.05) is 24.3 Å². The number of methoxy groups -OCH3 is 1. The zero-order chi connectivity index (χ0) is 13.0. The van der Waals surface area contributed by atoms with Crippen molar-refractivity contribution in [1.82, 2.24) is 5.32 Å². The van der Waals surface area contributed by atoms with Gasteiger partial charge in [0.15, 0.2) is 6.10 Å². The van der Waals surface area contributed by atoms with Gasteiger partial charge >= 0.3 is 0 Å². The lowest BCUT2D eigenvalue weighted by molar-refractivity contribution is -0.128. The zero-order valence-corrected chi connectivity index (χ0v) is 10.9. The van der Waals surface area contributed by atoms with Crippen LogP contribution in [0.3, 0.4) is 0 Å². The molecule has 1 amide bonds. The summed E-state index contributed by atoms with van der Waals surface area (Å²) in [7, 11) is 1.58. The fourth-order valence-electron chi connectivity index (χ4n) is 1.95. The van der Waals surface area contributed by atoms with Crippen molar-refractivity contribution >= 4 is 17.5 Å². The topological polar surface area (TPSA) is 47.6 Å². The van der Waals surface area contributed by atoms with Gasteiger partial charge < -0.3 is 14.8 Å². The highest BCUT2D eigenvalue weighted by atomic mass is 35.5. The summed E-state index contributed by atoms with van der Waals surface area (Å²) in [4.78, 5) is 12.0. The molecule has 0 saturated heterocycles. The number of benzene rings is 1. The Bertz CT molecular complexity index is 399. The van der Waals surface area contributed by atoms with Gasteiger partial charge in [-0.15, -0.1) is 11.6 Å². The van der Waals surface area contributed by atoms with E-state index in [4.69, 9.17) is 21.1 Å². The van der Waals surface area contributed by atoms with Crippen LogP contribution in [0, 0.1) is 0 Å². The highest BCUT2D eigenvalue weighted by molar-refractivity contribution is 6.18. The Morgan fingerprint density at radius 2 is 2.39 bits per heavy atom. The van der Waals surface area contributed by atoms with Gasteiger partial charge in [0, 0.05) is 19.4 Å². The first-order valence-electron chi connectivity index (χ1n) is 5.84. The van der Waals surface area contributed by atoms with Crippen molar-refractivity contribution in [2.45, 2.75) is 18.6 Å². The molecule has 0 aliphatic carbocycles. The molecule has 2 atom stereocenters. The molecule has 0 radical (unpaired) electrons. The minimum absolute atomic E-state index is 0.145. The van der Waals surface area contributed by atoms with Gasteiger partial charge in [-0.25, -0.2) is 0 Å². The predicted molar refractivity (Wildman–Crippen MR) is 69.1 cm³/mol. The molecule has 1 aromatic carbocycles. The van der Waals surface area contributed by atoms with Crippen LogP contribution >= 0.6 is 11.6 Å². The summed E-state index contributed by atoms with van der Waals surface area (Å²) < 4.78 is 10.6. The molecule has 1 aliphatic rings. The number of fused-ring (bicyclic) bond motifs is 1. The largest absolute Gasteiger partial charge is 0.480 e. The first-order chi connectivity index (χ1) is 8.74. The van der Waals surface area contributed by atoms with E-state index in [0.29, 0.717) is 18.9 Å². The maximum Gasteiger partial charge on any atom is 0.261 e. The van der Waals surface area contributed by atoms with Crippen molar-refractivity contribution in [3.63, 3.8) is 0 Å². The minimum atomic E-state index is -0.468. The van der Waals surface area contributed by atoms with Gasteiger partial charge in [0.05, 0.1) is 12.6 Å². The van der Waals surface area contributed by atoms with Crippen molar-refractivity contribution < 1.29 is 14.3 Å². The second-order valence-electron chi connectivity index (χ2n) is 4.23. The third kappa shape index (κ3) is 2.94. The minimum Gasteiger partial charge on any atom is -0.480 e. The Hall–Kier alpha value is -1.26. The normalized spacial score (nSPS) is 18.9. The number of alkyl halides is 1. The molecule has 4 nitrogen and oxygen atoms in total. The highest BCUT2D eigenvalue weighted by Gasteiger charge is 2.29. The molecule has 0 fully saturated rings. The van der Waals surface area contributed by atoms with Crippen molar-refractivity contribution in [1.29, 1.82) is 0 Å². The van der Waals surface area contributed by atoms with E-state index in [-0.39, 0.29) is 11.9 Å². The van der Waals surface area contributed by atoms with Gasteiger partial charge in [-0.2, -0.15) is 0 Å². The number of carbonyl (C=O) groups excluding carboxylic acids is 1. The number of amides is 1. The number of nitrogens with one attached hydrogen (secondary N) is 1. The monoisotopic (exact) mass is 269 g/mol. The molecule has 2 rings (SSSR count). The van der Waals surface area contributed by atoms with E-state index in [2.05, 4.69) is 5.32 Å². The summed E-state index contributed by atoms with van der Waals surface area (Å²) in [5, 5.41) is 2.82. The molecule has 0 spiro atoms. The number of halogens is 1. The van der Waals surface area contributed by atoms with Crippen LogP contribution in [0.4, 0.5) is 0 Å². The van der Waals surface area contributed by atoms with Gasteiger partial charge in [-0.1, -0.05) is 18.2 Å². The smallest absolute Gasteiger partial charge is 0.261 e. The van der Waals surface area contributed by atoms with E-state index in [9.17, 15) is 4.79 Å². The molecular weight excluding hydrogens is 254 g/mol. The summed E-state index contributed by atoms with van der Waals surface area (Å²) in [5.74, 6) is 0.958. The molecule has 0 aromatic heterocycles. The summed E-state index contributed by atoms with van der Waals surface area (Å²) in [6, 6.07) is 7.49. The fraction of sp³-hybridized carbons (Fsp3) is 0.462. The van der Waals surface area contributed by atoms with E-state index in [1.165, 1.54) is 0 Å². The molecule has 0 bridgehead atoms. The number of rotatable bonds is 5. The molecule has 1 heterocycles. The van der Waals surface area contributed by atoms with Crippen molar-refractivity contribution in [3.8, 4) is 5.75 Å². The maximum absolute atomic E-state index is 12.0.